The summed E-state index contributed by atoms with van der Waals surface area (Å²) in [5.74, 6) is 1.22. The van der Waals surface area contributed by atoms with Gasteiger partial charge in [-0.1, -0.05) is 17.7 Å². The first-order chi connectivity index (χ1) is 10.6. The van der Waals surface area contributed by atoms with E-state index in [1.54, 1.807) is 25.3 Å². The minimum Gasteiger partial charge on any atom is -0.495 e. The quantitative estimate of drug-likeness (QED) is 0.938. The van der Waals surface area contributed by atoms with Crippen LogP contribution in [0.25, 0.3) is 0 Å². The number of amides is 1. The number of halogens is 1. The van der Waals surface area contributed by atoms with Gasteiger partial charge in [0.25, 0.3) is 5.91 Å². The molecule has 0 aromatic heterocycles. The highest BCUT2D eigenvalue weighted by Crippen LogP contribution is 2.40. The zero-order valence-corrected chi connectivity index (χ0v) is 12.9. The van der Waals surface area contributed by atoms with E-state index >= 15 is 0 Å². The van der Waals surface area contributed by atoms with Crippen molar-refractivity contribution in [1.82, 2.24) is 0 Å². The molecule has 5 nitrogen and oxygen atoms in total. The number of aryl methyl sites for hydroxylation is 1. The van der Waals surface area contributed by atoms with E-state index in [0.29, 0.717) is 33.5 Å². The first kappa shape index (κ1) is 14.5. The molecule has 2 aromatic carbocycles. The van der Waals surface area contributed by atoms with E-state index in [2.05, 4.69) is 5.32 Å². The van der Waals surface area contributed by atoms with Gasteiger partial charge in [0.05, 0.1) is 17.8 Å². The minimum absolute atomic E-state index is 0.103. The summed E-state index contributed by atoms with van der Waals surface area (Å²) in [6, 6.07) is 8.70. The summed E-state index contributed by atoms with van der Waals surface area (Å²) in [7, 11) is 1.55. The van der Waals surface area contributed by atoms with Crippen LogP contribution in [0.4, 0.5) is 5.69 Å². The van der Waals surface area contributed by atoms with Crippen molar-refractivity contribution < 1.29 is 19.0 Å². The molecule has 1 N–H and O–H groups in total. The van der Waals surface area contributed by atoms with Crippen molar-refractivity contribution in [3.8, 4) is 17.2 Å². The van der Waals surface area contributed by atoms with E-state index in [-0.39, 0.29) is 12.7 Å². The fourth-order valence-electron chi connectivity index (χ4n) is 2.21. The van der Waals surface area contributed by atoms with Gasteiger partial charge in [0.2, 0.25) is 6.79 Å². The summed E-state index contributed by atoms with van der Waals surface area (Å²) in [5.41, 5.74) is 2.00. The Morgan fingerprint density at radius 2 is 2.09 bits per heavy atom. The molecule has 0 fully saturated rings. The number of rotatable bonds is 3. The van der Waals surface area contributed by atoms with Crippen LogP contribution in [-0.4, -0.2) is 19.8 Å². The molecule has 1 aliphatic heterocycles. The first-order valence-corrected chi connectivity index (χ1v) is 7.01. The van der Waals surface area contributed by atoms with Gasteiger partial charge in [-0.3, -0.25) is 4.79 Å². The third kappa shape index (κ3) is 2.67. The van der Waals surface area contributed by atoms with Crippen LogP contribution in [0.15, 0.2) is 30.3 Å². The third-order valence-electron chi connectivity index (χ3n) is 3.29. The zero-order valence-electron chi connectivity index (χ0n) is 12.1. The second kappa shape index (κ2) is 5.77. The summed E-state index contributed by atoms with van der Waals surface area (Å²) >= 11 is 6.10. The van der Waals surface area contributed by atoms with Crippen molar-refractivity contribution in [3.05, 3.63) is 46.5 Å². The minimum atomic E-state index is -0.302. The number of fused-ring (bicyclic) bond motifs is 1. The average Bonchev–Trinajstić information content (AvgIpc) is 2.96. The van der Waals surface area contributed by atoms with E-state index in [1.165, 1.54) is 0 Å². The highest BCUT2D eigenvalue weighted by atomic mass is 35.5. The molecule has 3 rings (SSSR count). The third-order valence-corrected chi connectivity index (χ3v) is 3.57. The second-order valence-corrected chi connectivity index (χ2v) is 5.26. The van der Waals surface area contributed by atoms with Crippen molar-refractivity contribution in [2.75, 3.05) is 19.2 Å². The lowest BCUT2D eigenvalue weighted by molar-refractivity contribution is 0.102. The SMILES string of the molecule is COc1ccc(C)cc1NC(=O)c1cc(Cl)c2c(c1)OCO2. The molecule has 0 bridgehead atoms. The van der Waals surface area contributed by atoms with Gasteiger partial charge in [0.1, 0.15) is 5.75 Å². The number of benzene rings is 2. The van der Waals surface area contributed by atoms with Crippen LogP contribution in [0, 0.1) is 6.92 Å². The average molecular weight is 320 g/mol. The van der Waals surface area contributed by atoms with Gasteiger partial charge in [-0.05, 0) is 36.8 Å². The molecule has 1 heterocycles. The topological polar surface area (TPSA) is 56.8 Å². The van der Waals surface area contributed by atoms with Gasteiger partial charge in [-0.25, -0.2) is 0 Å². The van der Waals surface area contributed by atoms with Crippen LogP contribution >= 0.6 is 11.6 Å². The highest BCUT2D eigenvalue weighted by Gasteiger charge is 2.21. The molecule has 2 aromatic rings. The first-order valence-electron chi connectivity index (χ1n) is 6.63. The van der Waals surface area contributed by atoms with E-state index in [9.17, 15) is 4.79 Å². The molecule has 0 aliphatic carbocycles. The predicted molar refractivity (Wildman–Crippen MR) is 83.3 cm³/mol. The number of anilines is 1. The van der Waals surface area contributed by atoms with Crippen LogP contribution in [-0.2, 0) is 0 Å². The lowest BCUT2D eigenvalue weighted by atomic mass is 10.1. The Morgan fingerprint density at radius 1 is 1.27 bits per heavy atom. The van der Waals surface area contributed by atoms with Gasteiger partial charge in [0.15, 0.2) is 11.5 Å². The summed E-state index contributed by atoms with van der Waals surface area (Å²) < 4.78 is 15.8. The highest BCUT2D eigenvalue weighted by molar-refractivity contribution is 6.32. The smallest absolute Gasteiger partial charge is 0.255 e. The summed E-state index contributed by atoms with van der Waals surface area (Å²) in [4.78, 5) is 12.4. The Bertz CT molecular complexity index is 745. The maximum Gasteiger partial charge on any atom is 0.255 e. The lowest BCUT2D eigenvalue weighted by Gasteiger charge is -2.11. The van der Waals surface area contributed by atoms with E-state index in [4.69, 9.17) is 25.8 Å². The van der Waals surface area contributed by atoms with Crippen molar-refractivity contribution in [1.29, 1.82) is 0 Å². The number of hydrogen-bond acceptors (Lipinski definition) is 4. The van der Waals surface area contributed by atoms with Crippen LogP contribution in [0.5, 0.6) is 17.2 Å². The zero-order chi connectivity index (χ0) is 15.7. The van der Waals surface area contributed by atoms with Crippen molar-refractivity contribution in [2.45, 2.75) is 6.92 Å². The molecule has 0 radical (unpaired) electrons. The van der Waals surface area contributed by atoms with Gasteiger partial charge < -0.3 is 19.5 Å². The van der Waals surface area contributed by atoms with Crippen molar-refractivity contribution in [3.63, 3.8) is 0 Å². The molecular formula is C16H14ClNO4. The number of methoxy groups -OCH3 is 1. The molecule has 0 atom stereocenters. The van der Waals surface area contributed by atoms with Crippen LogP contribution in [0.2, 0.25) is 5.02 Å². The predicted octanol–water partition coefficient (Wildman–Crippen LogP) is 3.64. The normalized spacial score (nSPS) is 12.1. The molecule has 0 saturated heterocycles. The maximum atomic E-state index is 12.4. The number of hydrogen-bond donors (Lipinski definition) is 1. The Hall–Kier alpha value is -2.40. The Labute approximate surface area is 132 Å². The molecule has 0 unspecified atom stereocenters. The van der Waals surface area contributed by atoms with E-state index in [0.717, 1.165) is 5.56 Å². The van der Waals surface area contributed by atoms with Crippen molar-refractivity contribution >= 4 is 23.2 Å². The van der Waals surface area contributed by atoms with Gasteiger partial charge in [-0.2, -0.15) is 0 Å². The van der Waals surface area contributed by atoms with E-state index in [1.807, 2.05) is 19.1 Å². The number of carbonyl (C=O) groups is 1. The fourth-order valence-corrected chi connectivity index (χ4v) is 2.48. The molecule has 1 aliphatic rings. The lowest BCUT2D eigenvalue weighted by Crippen LogP contribution is -2.12. The Kier molecular flexibility index (Phi) is 3.81. The monoisotopic (exact) mass is 319 g/mol. The standard InChI is InChI=1S/C16H14ClNO4/c1-9-3-4-13(20-2)12(5-9)18-16(19)10-6-11(17)15-14(7-10)21-8-22-15/h3-7H,8H2,1-2H3,(H,18,19). The maximum absolute atomic E-state index is 12.4. The van der Waals surface area contributed by atoms with Gasteiger partial charge in [-0.15, -0.1) is 0 Å². The van der Waals surface area contributed by atoms with Crippen LogP contribution in [0.3, 0.4) is 0 Å². The number of nitrogens with one attached hydrogen (secondary N) is 1. The molecular weight excluding hydrogens is 306 g/mol. The van der Waals surface area contributed by atoms with E-state index < -0.39 is 0 Å². The number of carbonyl (C=O) groups excluding carboxylic acids is 1. The molecule has 0 saturated carbocycles. The molecule has 114 valence electrons. The molecule has 6 heteroatoms. The Morgan fingerprint density at radius 3 is 2.86 bits per heavy atom. The summed E-state index contributed by atoms with van der Waals surface area (Å²) in [6.45, 7) is 2.04. The summed E-state index contributed by atoms with van der Waals surface area (Å²) in [6.07, 6.45) is 0. The Balaban J connectivity index is 1.89. The second-order valence-electron chi connectivity index (χ2n) is 4.85. The van der Waals surface area contributed by atoms with Crippen LogP contribution < -0.4 is 19.5 Å². The van der Waals surface area contributed by atoms with Gasteiger partial charge >= 0.3 is 0 Å². The molecule has 1 amide bonds. The largest absolute Gasteiger partial charge is 0.495 e. The number of ether oxygens (including phenoxy) is 3. The molecule has 22 heavy (non-hydrogen) atoms. The summed E-state index contributed by atoms with van der Waals surface area (Å²) in [5, 5.41) is 3.16. The van der Waals surface area contributed by atoms with Crippen LogP contribution in [0.1, 0.15) is 15.9 Å². The van der Waals surface area contributed by atoms with Crippen molar-refractivity contribution in [2.24, 2.45) is 0 Å². The van der Waals surface area contributed by atoms with Gasteiger partial charge in [0, 0.05) is 5.56 Å². The fraction of sp³-hybridized carbons (Fsp3) is 0.188. The molecule has 0 spiro atoms.